The first-order valence-corrected chi connectivity index (χ1v) is 8.47. The molecule has 2 N–H and O–H groups in total. The second-order valence-electron chi connectivity index (χ2n) is 6.00. The lowest BCUT2D eigenvalue weighted by Crippen LogP contribution is -2.19. The quantitative estimate of drug-likeness (QED) is 0.496. The average Bonchev–Trinajstić information content (AvgIpc) is 2.96. The summed E-state index contributed by atoms with van der Waals surface area (Å²) in [5, 5.41) is 25.0. The van der Waals surface area contributed by atoms with Gasteiger partial charge in [-0.15, -0.1) is 11.3 Å². The molecule has 0 fully saturated rings. The molecule has 0 aliphatic heterocycles. The van der Waals surface area contributed by atoms with Crippen molar-refractivity contribution in [1.29, 1.82) is 0 Å². The summed E-state index contributed by atoms with van der Waals surface area (Å²) < 4.78 is 2.52. The minimum atomic E-state index is -0.857. The van der Waals surface area contributed by atoms with E-state index in [4.69, 9.17) is 0 Å². The Bertz CT molecular complexity index is 1110. The van der Waals surface area contributed by atoms with Crippen LogP contribution < -0.4 is 0 Å². The first-order valence-electron chi connectivity index (χ1n) is 7.65. The highest BCUT2D eigenvalue weighted by Gasteiger charge is 2.24. The summed E-state index contributed by atoms with van der Waals surface area (Å²) in [5.41, 5.74) is 1.83. The van der Waals surface area contributed by atoms with Gasteiger partial charge in [0.1, 0.15) is 12.2 Å². The molecule has 23 heavy (non-hydrogen) atoms. The molecule has 0 saturated heterocycles. The number of aliphatic hydroxyl groups excluding tert-OH is 2. The van der Waals surface area contributed by atoms with E-state index in [1.165, 1.54) is 25.6 Å². The molecule has 0 spiro atoms. The van der Waals surface area contributed by atoms with Gasteiger partial charge in [-0.1, -0.05) is 54.6 Å². The zero-order chi connectivity index (χ0) is 15.6. The third-order valence-corrected chi connectivity index (χ3v) is 5.91. The van der Waals surface area contributed by atoms with Crippen LogP contribution in [0.2, 0.25) is 0 Å². The molecule has 0 saturated carbocycles. The fourth-order valence-electron chi connectivity index (χ4n) is 3.56. The van der Waals surface area contributed by atoms with E-state index in [9.17, 15) is 10.2 Å². The molecule has 3 heteroatoms. The molecule has 1 heterocycles. The van der Waals surface area contributed by atoms with Crippen LogP contribution in [0.4, 0.5) is 0 Å². The summed E-state index contributed by atoms with van der Waals surface area (Å²) in [6.07, 6.45) is 1.93. The molecular weight excluding hydrogens is 304 g/mol. The summed E-state index contributed by atoms with van der Waals surface area (Å²) in [7, 11) is 0. The van der Waals surface area contributed by atoms with Gasteiger partial charge in [0.2, 0.25) is 0 Å². The van der Waals surface area contributed by atoms with Gasteiger partial charge in [0.25, 0.3) is 0 Å². The fourth-order valence-corrected chi connectivity index (χ4v) is 4.83. The SMILES string of the molecule is O[C@@H]1C=Cc2c(ccc3ccc4c5ccccc5sc4c23)[C@H]1O. The van der Waals surface area contributed by atoms with E-state index in [1.807, 2.05) is 18.2 Å². The van der Waals surface area contributed by atoms with Gasteiger partial charge in [0, 0.05) is 25.6 Å². The van der Waals surface area contributed by atoms with Gasteiger partial charge in [0.15, 0.2) is 0 Å². The van der Waals surface area contributed by atoms with Gasteiger partial charge < -0.3 is 10.2 Å². The van der Waals surface area contributed by atoms with Crippen LogP contribution in [-0.2, 0) is 0 Å². The van der Waals surface area contributed by atoms with Crippen molar-refractivity contribution >= 4 is 48.4 Å². The molecule has 0 bridgehead atoms. The number of rotatable bonds is 0. The predicted octanol–water partition coefficient (Wildman–Crippen LogP) is 4.63. The van der Waals surface area contributed by atoms with Crippen molar-refractivity contribution in [2.75, 3.05) is 0 Å². The Morgan fingerprint density at radius 2 is 1.70 bits per heavy atom. The van der Waals surface area contributed by atoms with E-state index in [-0.39, 0.29) is 0 Å². The minimum absolute atomic E-state index is 0.803. The molecular formula is C20H14O2S. The van der Waals surface area contributed by atoms with Crippen LogP contribution in [0.1, 0.15) is 17.2 Å². The van der Waals surface area contributed by atoms with Gasteiger partial charge in [0.05, 0.1) is 0 Å². The fraction of sp³-hybridized carbons (Fsp3) is 0.100. The van der Waals surface area contributed by atoms with E-state index in [2.05, 4.69) is 36.4 Å². The second-order valence-corrected chi connectivity index (χ2v) is 7.05. The van der Waals surface area contributed by atoms with Crippen LogP contribution in [0.15, 0.2) is 54.6 Å². The second kappa shape index (κ2) is 4.65. The van der Waals surface area contributed by atoms with E-state index in [1.54, 1.807) is 17.4 Å². The monoisotopic (exact) mass is 318 g/mol. The van der Waals surface area contributed by atoms with Crippen LogP contribution in [0, 0.1) is 0 Å². The summed E-state index contributed by atoms with van der Waals surface area (Å²) in [4.78, 5) is 0. The molecule has 2 atom stereocenters. The van der Waals surface area contributed by atoms with Crippen LogP contribution >= 0.6 is 11.3 Å². The van der Waals surface area contributed by atoms with Crippen molar-refractivity contribution in [2.45, 2.75) is 12.2 Å². The molecule has 4 aromatic rings. The first kappa shape index (κ1) is 13.3. The molecule has 2 nitrogen and oxygen atoms in total. The normalized spacial score (nSPS) is 20.4. The van der Waals surface area contributed by atoms with Crippen molar-refractivity contribution in [1.82, 2.24) is 0 Å². The highest BCUT2D eigenvalue weighted by atomic mass is 32.1. The highest BCUT2D eigenvalue weighted by Crippen LogP contribution is 2.42. The molecule has 1 aliphatic rings. The predicted molar refractivity (Wildman–Crippen MR) is 96.8 cm³/mol. The Hall–Kier alpha value is -2.20. The summed E-state index contributed by atoms with van der Waals surface area (Å²) in [6.45, 7) is 0. The van der Waals surface area contributed by atoms with E-state index >= 15 is 0 Å². The average molecular weight is 318 g/mol. The third kappa shape index (κ3) is 1.75. The van der Waals surface area contributed by atoms with Gasteiger partial charge in [-0.2, -0.15) is 0 Å². The number of thiophene rings is 1. The molecule has 1 aromatic heterocycles. The maximum atomic E-state index is 10.3. The zero-order valence-corrected chi connectivity index (χ0v) is 13.0. The van der Waals surface area contributed by atoms with Crippen LogP contribution in [-0.4, -0.2) is 16.3 Å². The third-order valence-electron chi connectivity index (χ3n) is 4.70. The van der Waals surface area contributed by atoms with Crippen molar-refractivity contribution in [3.8, 4) is 0 Å². The van der Waals surface area contributed by atoms with Gasteiger partial charge in [-0.25, -0.2) is 0 Å². The van der Waals surface area contributed by atoms with Crippen molar-refractivity contribution in [3.05, 3.63) is 65.7 Å². The van der Waals surface area contributed by atoms with Crippen LogP contribution in [0.25, 0.3) is 37.0 Å². The van der Waals surface area contributed by atoms with E-state index < -0.39 is 12.2 Å². The van der Waals surface area contributed by atoms with E-state index in [0.29, 0.717) is 0 Å². The van der Waals surface area contributed by atoms with Gasteiger partial charge >= 0.3 is 0 Å². The van der Waals surface area contributed by atoms with Crippen molar-refractivity contribution in [2.24, 2.45) is 0 Å². The standard InChI is InChI=1S/C20H14O2S/c21-16-10-9-13-14(19(16)22)7-5-11-6-8-15-12-3-1-2-4-17(12)23-20(15)18(11)13/h1-10,16,19,21-22H/t16-,19-/m1/s1. The largest absolute Gasteiger partial charge is 0.386 e. The number of fused-ring (bicyclic) bond motifs is 7. The molecule has 0 radical (unpaired) electrons. The highest BCUT2D eigenvalue weighted by molar-refractivity contribution is 7.26. The number of hydrogen-bond acceptors (Lipinski definition) is 3. The van der Waals surface area contributed by atoms with E-state index in [0.717, 1.165) is 16.5 Å². The topological polar surface area (TPSA) is 40.5 Å². The lowest BCUT2D eigenvalue weighted by atomic mass is 9.88. The lowest BCUT2D eigenvalue weighted by molar-refractivity contribution is 0.0471. The molecule has 112 valence electrons. The summed E-state index contributed by atoms with van der Waals surface area (Å²) in [6, 6.07) is 16.7. The Labute approximate surface area is 136 Å². The maximum Gasteiger partial charge on any atom is 0.109 e. The Morgan fingerprint density at radius 3 is 2.61 bits per heavy atom. The molecule has 1 aliphatic carbocycles. The number of hydrogen-bond donors (Lipinski definition) is 2. The molecule has 3 aromatic carbocycles. The zero-order valence-electron chi connectivity index (χ0n) is 12.2. The maximum absolute atomic E-state index is 10.3. The summed E-state index contributed by atoms with van der Waals surface area (Å²) in [5.74, 6) is 0. The number of aliphatic hydroxyl groups is 2. The Balaban J connectivity index is 1.99. The summed E-state index contributed by atoms with van der Waals surface area (Å²) >= 11 is 1.79. The smallest absolute Gasteiger partial charge is 0.109 e. The van der Waals surface area contributed by atoms with Gasteiger partial charge in [-0.3, -0.25) is 0 Å². The van der Waals surface area contributed by atoms with Crippen molar-refractivity contribution in [3.63, 3.8) is 0 Å². The number of benzene rings is 3. The first-order chi connectivity index (χ1) is 11.2. The van der Waals surface area contributed by atoms with Crippen molar-refractivity contribution < 1.29 is 10.2 Å². The Morgan fingerprint density at radius 1 is 0.870 bits per heavy atom. The van der Waals surface area contributed by atoms with Gasteiger partial charge in [-0.05, 0) is 22.6 Å². The Kier molecular flexibility index (Phi) is 2.68. The molecule has 0 amide bonds. The molecule has 5 rings (SSSR count). The lowest BCUT2D eigenvalue weighted by Gasteiger charge is -2.23. The van der Waals surface area contributed by atoms with Crippen LogP contribution in [0.3, 0.4) is 0 Å². The van der Waals surface area contributed by atoms with Crippen LogP contribution in [0.5, 0.6) is 0 Å². The minimum Gasteiger partial charge on any atom is -0.386 e. The molecule has 0 unspecified atom stereocenters.